The van der Waals surface area contributed by atoms with E-state index in [0.717, 1.165) is 12.8 Å². The number of nitrogens with zero attached hydrogens (tertiary/aromatic N) is 3. The second kappa shape index (κ2) is 6.62. The Balaban J connectivity index is 2.99. The molecule has 0 aliphatic heterocycles. The molecular formula is C10H15N3O4. The molecule has 7 nitrogen and oxygen atoms in total. The Morgan fingerprint density at radius 2 is 1.65 bits per heavy atom. The Labute approximate surface area is 98.9 Å². The minimum absolute atomic E-state index is 0.0436. The van der Waals surface area contributed by atoms with E-state index in [1.54, 1.807) is 0 Å². The minimum Gasteiger partial charge on any atom is -0.473 e. The molecule has 1 rings (SSSR count). The van der Waals surface area contributed by atoms with Gasteiger partial charge in [-0.1, -0.05) is 13.8 Å². The highest BCUT2D eigenvalue weighted by atomic mass is 16.6. The third-order valence-corrected chi connectivity index (χ3v) is 1.82. The second-order valence-electron chi connectivity index (χ2n) is 3.29. The highest BCUT2D eigenvalue weighted by molar-refractivity contribution is 5.48. The van der Waals surface area contributed by atoms with Gasteiger partial charge in [-0.25, -0.2) is 0 Å². The van der Waals surface area contributed by atoms with Crippen LogP contribution in [0.4, 0.5) is 5.69 Å². The molecular weight excluding hydrogens is 226 g/mol. The molecule has 17 heavy (non-hydrogen) atoms. The van der Waals surface area contributed by atoms with E-state index < -0.39 is 4.92 Å². The topological polar surface area (TPSA) is 87.4 Å². The van der Waals surface area contributed by atoms with Gasteiger partial charge >= 0.3 is 17.4 Å². The average Bonchev–Trinajstić information content (AvgIpc) is 2.33. The fourth-order valence-electron chi connectivity index (χ4n) is 1.11. The van der Waals surface area contributed by atoms with Crippen LogP contribution in [0.15, 0.2) is 6.33 Å². The van der Waals surface area contributed by atoms with Crippen molar-refractivity contribution in [3.05, 3.63) is 16.4 Å². The fraction of sp³-hybridized carbons (Fsp3) is 0.600. The van der Waals surface area contributed by atoms with E-state index in [1.165, 1.54) is 6.33 Å². The minimum atomic E-state index is -0.587. The highest BCUT2D eigenvalue weighted by Gasteiger charge is 2.25. The molecule has 94 valence electrons. The third kappa shape index (κ3) is 3.54. The van der Waals surface area contributed by atoms with Crippen LogP contribution in [0.2, 0.25) is 0 Å². The van der Waals surface area contributed by atoms with Crippen molar-refractivity contribution in [3.63, 3.8) is 0 Å². The Hall–Kier alpha value is -1.92. The maximum absolute atomic E-state index is 10.9. The molecule has 1 heterocycles. The first-order valence-corrected chi connectivity index (χ1v) is 5.45. The van der Waals surface area contributed by atoms with Crippen molar-refractivity contribution in [1.29, 1.82) is 0 Å². The SMILES string of the molecule is CCCOc1ncnc(OCCC)c1[N+](=O)[O-]. The van der Waals surface area contributed by atoms with Crippen LogP contribution in [0.3, 0.4) is 0 Å². The highest BCUT2D eigenvalue weighted by Crippen LogP contribution is 2.32. The molecule has 0 saturated heterocycles. The molecule has 0 aromatic carbocycles. The first kappa shape index (κ1) is 13.1. The van der Waals surface area contributed by atoms with E-state index in [-0.39, 0.29) is 17.4 Å². The third-order valence-electron chi connectivity index (χ3n) is 1.82. The van der Waals surface area contributed by atoms with Gasteiger partial charge in [0, 0.05) is 0 Å². The number of hydrogen-bond donors (Lipinski definition) is 0. The standard InChI is InChI=1S/C10H15N3O4/c1-3-5-16-9-8(13(14)15)10(12-7-11-9)17-6-4-2/h7H,3-6H2,1-2H3. The quantitative estimate of drug-likeness (QED) is 0.535. The summed E-state index contributed by atoms with van der Waals surface area (Å²) in [4.78, 5) is 17.8. The summed E-state index contributed by atoms with van der Waals surface area (Å²) >= 11 is 0. The number of hydrogen-bond acceptors (Lipinski definition) is 6. The lowest BCUT2D eigenvalue weighted by molar-refractivity contribution is -0.387. The predicted octanol–water partition coefficient (Wildman–Crippen LogP) is 1.96. The predicted molar refractivity (Wildman–Crippen MR) is 60.3 cm³/mol. The van der Waals surface area contributed by atoms with Gasteiger partial charge in [0.05, 0.1) is 18.1 Å². The monoisotopic (exact) mass is 241 g/mol. The van der Waals surface area contributed by atoms with Crippen molar-refractivity contribution in [1.82, 2.24) is 9.97 Å². The van der Waals surface area contributed by atoms with E-state index in [9.17, 15) is 10.1 Å². The lowest BCUT2D eigenvalue weighted by atomic mass is 10.4. The number of ether oxygens (including phenoxy) is 2. The molecule has 0 spiro atoms. The molecule has 0 radical (unpaired) electrons. The van der Waals surface area contributed by atoms with Crippen molar-refractivity contribution in [2.45, 2.75) is 26.7 Å². The first-order valence-electron chi connectivity index (χ1n) is 5.45. The summed E-state index contributed by atoms with van der Waals surface area (Å²) in [5, 5.41) is 10.9. The van der Waals surface area contributed by atoms with Crippen LogP contribution in [-0.2, 0) is 0 Å². The van der Waals surface area contributed by atoms with Crippen LogP contribution in [0.25, 0.3) is 0 Å². The summed E-state index contributed by atoms with van der Waals surface area (Å²) in [5.41, 5.74) is -0.311. The Bertz CT molecular complexity index is 358. The van der Waals surface area contributed by atoms with Gasteiger partial charge in [0.25, 0.3) is 0 Å². The number of aromatic nitrogens is 2. The maximum Gasteiger partial charge on any atom is 0.392 e. The molecule has 0 bridgehead atoms. The zero-order valence-corrected chi connectivity index (χ0v) is 9.88. The zero-order chi connectivity index (χ0) is 12.7. The molecule has 0 aliphatic rings. The van der Waals surface area contributed by atoms with Crippen LogP contribution in [-0.4, -0.2) is 28.1 Å². The molecule has 0 N–H and O–H groups in total. The van der Waals surface area contributed by atoms with Gasteiger partial charge in [-0.15, -0.1) is 0 Å². The van der Waals surface area contributed by atoms with Crippen LogP contribution in [0.5, 0.6) is 11.8 Å². The molecule has 0 aliphatic carbocycles. The van der Waals surface area contributed by atoms with E-state index in [0.29, 0.717) is 13.2 Å². The Morgan fingerprint density at radius 1 is 1.18 bits per heavy atom. The van der Waals surface area contributed by atoms with Gasteiger partial charge in [0.15, 0.2) is 0 Å². The summed E-state index contributed by atoms with van der Waals surface area (Å²) in [5.74, 6) is -0.0871. The summed E-state index contributed by atoms with van der Waals surface area (Å²) < 4.78 is 10.4. The lowest BCUT2D eigenvalue weighted by Crippen LogP contribution is -2.06. The molecule has 1 aromatic heterocycles. The van der Waals surface area contributed by atoms with Crippen molar-refractivity contribution >= 4 is 5.69 Å². The normalized spacial score (nSPS) is 10.0. The molecule has 0 fully saturated rings. The summed E-state index contributed by atoms with van der Waals surface area (Å²) in [6, 6.07) is 0. The Morgan fingerprint density at radius 3 is 2.00 bits per heavy atom. The van der Waals surface area contributed by atoms with Gasteiger partial charge < -0.3 is 9.47 Å². The molecule has 0 atom stereocenters. The van der Waals surface area contributed by atoms with E-state index in [1.807, 2.05) is 13.8 Å². The Kier molecular flexibility index (Phi) is 5.12. The zero-order valence-electron chi connectivity index (χ0n) is 9.88. The van der Waals surface area contributed by atoms with Crippen LogP contribution >= 0.6 is 0 Å². The van der Waals surface area contributed by atoms with Gasteiger partial charge in [-0.2, -0.15) is 9.97 Å². The van der Waals surface area contributed by atoms with E-state index in [2.05, 4.69) is 9.97 Å². The van der Waals surface area contributed by atoms with Gasteiger partial charge in [0.1, 0.15) is 6.33 Å². The fourth-order valence-corrected chi connectivity index (χ4v) is 1.11. The van der Waals surface area contributed by atoms with Crippen molar-refractivity contribution in [2.24, 2.45) is 0 Å². The van der Waals surface area contributed by atoms with Crippen LogP contribution < -0.4 is 9.47 Å². The molecule has 0 unspecified atom stereocenters. The molecule has 0 amide bonds. The van der Waals surface area contributed by atoms with Gasteiger partial charge in [-0.05, 0) is 12.8 Å². The van der Waals surface area contributed by atoms with Gasteiger partial charge in [-0.3, -0.25) is 10.1 Å². The van der Waals surface area contributed by atoms with Crippen molar-refractivity contribution < 1.29 is 14.4 Å². The second-order valence-corrected chi connectivity index (χ2v) is 3.29. The van der Waals surface area contributed by atoms with E-state index >= 15 is 0 Å². The smallest absolute Gasteiger partial charge is 0.392 e. The van der Waals surface area contributed by atoms with Crippen LogP contribution in [0.1, 0.15) is 26.7 Å². The van der Waals surface area contributed by atoms with E-state index in [4.69, 9.17) is 9.47 Å². The van der Waals surface area contributed by atoms with Gasteiger partial charge in [0.2, 0.25) is 0 Å². The summed E-state index contributed by atoms with van der Waals surface area (Å²) in [6.07, 6.45) is 2.68. The molecule has 1 aromatic rings. The molecule has 7 heteroatoms. The first-order chi connectivity index (χ1) is 8.20. The lowest BCUT2D eigenvalue weighted by Gasteiger charge is -2.07. The van der Waals surface area contributed by atoms with Crippen molar-refractivity contribution in [3.8, 4) is 11.8 Å². The van der Waals surface area contributed by atoms with Crippen molar-refractivity contribution in [2.75, 3.05) is 13.2 Å². The van der Waals surface area contributed by atoms with Crippen LogP contribution in [0, 0.1) is 10.1 Å². The summed E-state index contributed by atoms with van der Waals surface area (Å²) in [6.45, 7) is 4.54. The number of nitro groups is 1. The largest absolute Gasteiger partial charge is 0.473 e. The number of rotatable bonds is 7. The summed E-state index contributed by atoms with van der Waals surface area (Å²) in [7, 11) is 0. The average molecular weight is 241 g/mol. The molecule has 0 saturated carbocycles. The maximum atomic E-state index is 10.9.